The molecule has 0 saturated heterocycles. The van der Waals surface area contributed by atoms with Crippen molar-refractivity contribution in [1.29, 1.82) is 0 Å². The first-order valence-electron chi connectivity index (χ1n) is 3.54. The van der Waals surface area contributed by atoms with Crippen LogP contribution in [0.15, 0.2) is 18.3 Å². The average molecular weight is 196 g/mol. The fourth-order valence-electron chi connectivity index (χ4n) is 0.968. The van der Waals surface area contributed by atoms with E-state index in [1.165, 1.54) is 21.1 Å². The molecular formula is C8H8N2S2. The molecule has 4 heteroatoms. The molecule has 0 unspecified atom stereocenters. The number of nitrogens with zero attached hydrogens (tertiary/aromatic N) is 1. The molecule has 2 heterocycles. The summed E-state index contributed by atoms with van der Waals surface area (Å²) in [6.07, 6.45) is 1.82. The molecule has 0 aliphatic carbocycles. The van der Waals surface area contributed by atoms with Gasteiger partial charge >= 0.3 is 0 Å². The molecular weight excluding hydrogens is 188 g/mol. The summed E-state index contributed by atoms with van der Waals surface area (Å²) in [7, 11) is 0. The molecule has 0 spiro atoms. The predicted molar refractivity (Wildman–Crippen MR) is 54.6 cm³/mol. The number of anilines is 1. The first-order valence-corrected chi connectivity index (χ1v) is 5.17. The highest BCUT2D eigenvalue weighted by atomic mass is 32.1. The standard InChI is InChI=1S/C8H8N2S2/c1-5-2-3-6(11-5)7-4-10-8(9)12-7/h2-4H,1H3,(H2,9,10). The van der Waals surface area contributed by atoms with Crippen molar-refractivity contribution >= 4 is 27.8 Å². The van der Waals surface area contributed by atoms with Gasteiger partial charge in [-0.25, -0.2) is 4.98 Å². The van der Waals surface area contributed by atoms with Crippen LogP contribution in [0.2, 0.25) is 0 Å². The van der Waals surface area contributed by atoms with Crippen LogP contribution < -0.4 is 5.73 Å². The summed E-state index contributed by atoms with van der Waals surface area (Å²) < 4.78 is 0. The van der Waals surface area contributed by atoms with E-state index in [9.17, 15) is 0 Å². The van der Waals surface area contributed by atoms with Gasteiger partial charge in [-0.05, 0) is 19.1 Å². The van der Waals surface area contributed by atoms with E-state index in [0.717, 1.165) is 4.88 Å². The molecule has 0 amide bonds. The van der Waals surface area contributed by atoms with E-state index in [0.29, 0.717) is 5.13 Å². The second-order valence-corrected chi connectivity index (χ2v) is 4.82. The zero-order valence-electron chi connectivity index (χ0n) is 6.57. The summed E-state index contributed by atoms with van der Waals surface area (Å²) in [5, 5.41) is 0.635. The number of aromatic nitrogens is 1. The molecule has 0 fully saturated rings. The van der Waals surface area contributed by atoms with Crippen LogP contribution in [0.25, 0.3) is 9.75 Å². The molecule has 2 rings (SSSR count). The van der Waals surface area contributed by atoms with Crippen LogP contribution in [0, 0.1) is 6.92 Å². The maximum absolute atomic E-state index is 5.53. The zero-order valence-corrected chi connectivity index (χ0v) is 8.21. The average Bonchev–Trinajstić information content (AvgIpc) is 2.58. The Morgan fingerprint density at radius 3 is 2.58 bits per heavy atom. The molecule has 62 valence electrons. The van der Waals surface area contributed by atoms with E-state index in [2.05, 4.69) is 24.0 Å². The van der Waals surface area contributed by atoms with Crippen LogP contribution in [0.3, 0.4) is 0 Å². The number of thiazole rings is 1. The smallest absolute Gasteiger partial charge is 0.180 e. The monoisotopic (exact) mass is 196 g/mol. The van der Waals surface area contributed by atoms with Gasteiger partial charge in [-0.2, -0.15) is 0 Å². The fourth-order valence-corrected chi connectivity index (χ4v) is 2.60. The third kappa shape index (κ3) is 1.35. The summed E-state index contributed by atoms with van der Waals surface area (Å²) in [6, 6.07) is 4.21. The van der Waals surface area contributed by atoms with Crippen molar-refractivity contribution in [1.82, 2.24) is 4.98 Å². The quantitative estimate of drug-likeness (QED) is 0.761. The van der Waals surface area contributed by atoms with Gasteiger partial charge in [0.2, 0.25) is 0 Å². The highest BCUT2D eigenvalue weighted by Gasteiger charge is 2.03. The third-order valence-electron chi connectivity index (χ3n) is 1.51. The van der Waals surface area contributed by atoms with Crippen LogP contribution in [-0.4, -0.2) is 4.98 Å². The lowest BCUT2D eigenvalue weighted by Crippen LogP contribution is -1.77. The fraction of sp³-hybridized carbons (Fsp3) is 0.125. The van der Waals surface area contributed by atoms with Gasteiger partial charge in [0.15, 0.2) is 5.13 Å². The van der Waals surface area contributed by atoms with Crippen molar-refractivity contribution in [3.05, 3.63) is 23.2 Å². The molecule has 0 aliphatic heterocycles. The maximum Gasteiger partial charge on any atom is 0.180 e. The lowest BCUT2D eigenvalue weighted by Gasteiger charge is -1.85. The second kappa shape index (κ2) is 2.88. The Bertz CT molecular complexity index is 351. The highest BCUT2D eigenvalue weighted by molar-refractivity contribution is 7.23. The van der Waals surface area contributed by atoms with Gasteiger partial charge in [0, 0.05) is 16.0 Å². The predicted octanol–water partition coefficient (Wildman–Crippen LogP) is 2.76. The number of nitrogen functional groups attached to an aromatic ring is 1. The van der Waals surface area contributed by atoms with Crippen molar-refractivity contribution < 1.29 is 0 Å². The molecule has 0 aliphatic rings. The first kappa shape index (κ1) is 7.76. The Hall–Kier alpha value is -0.870. The summed E-state index contributed by atoms with van der Waals surface area (Å²) in [4.78, 5) is 7.73. The van der Waals surface area contributed by atoms with E-state index in [1.807, 2.05) is 6.20 Å². The molecule has 0 saturated carbocycles. The van der Waals surface area contributed by atoms with Gasteiger partial charge in [0.25, 0.3) is 0 Å². The van der Waals surface area contributed by atoms with E-state index >= 15 is 0 Å². The van der Waals surface area contributed by atoms with Crippen LogP contribution >= 0.6 is 22.7 Å². The summed E-state index contributed by atoms with van der Waals surface area (Å²) in [6.45, 7) is 2.10. The molecule has 2 nitrogen and oxygen atoms in total. The van der Waals surface area contributed by atoms with Gasteiger partial charge in [0.1, 0.15) is 0 Å². The largest absolute Gasteiger partial charge is 0.375 e. The summed E-state index contributed by atoms with van der Waals surface area (Å²) in [5.74, 6) is 0. The van der Waals surface area contributed by atoms with Gasteiger partial charge in [0.05, 0.1) is 4.88 Å². The van der Waals surface area contributed by atoms with Gasteiger partial charge in [-0.15, -0.1) is 11.3 Å². The minimum absolute atomic E-state index is 0.635. The van der Waals surface area contributed by atoms with Crippen LogP contribution in [0.1, 0.15) is 4.88 Å². The molecule has 2 aromatic heterocycles. The van der Waals surface area contributed by atoms with E-state index < -0.39 is 0 Å². The number of aryl methyl sites for hydroxylation is 1. The molecule has 2 N–H and O–H groups in total. The van der Waals surface area contributed by atoms with Crippen LogP contribution in [0.5, 0.6) is 0 Å². The van der Waals surface area contributed by atoms with E-state index in [1.54, 1.807) is 11.3 Å². The lowest BCUT2D eigenvalue weighted by atomic mass is 10.4. The Kier molecular flexibility index (Phi) is 1.86. The molecule has 0 atom stereocenters. The molecule has 0 aromatic carbocycles. The second-order valence-electron chi connectivity index (χ2n) is 2.47. The maximum atomic E-state index is 5.53. The first-order chi connectivity index (χ1) is 5.75. The third-order valence-corrected chi connectivity index (χ3v) is 3.53. The number of hydrogen-bond donors (Lipinski definition) is 1. The number of nitrogens with two attached hydrogens (primary N) is 1. The summed E-state index contributed by atoms with van der Waals surface area (Å²) in [5.41, 5.74) is 5.53. The van der Waals surface area contributed by atoms with Crippen molar-refractivity contribution in [2.24, 2.45) is 0 Å². The molecule has 0 bridgehead atoms. The zero-order chi connectivity index (χ0) is 8.55. The normalized spacial score (nSPS) is 10.4. The van der Waals surface area contributed by atoms with Crippen molar-refractivity contribution in [2.45, 2.75) is 6.92 Å². The van der Waals surface area contributed by atoms with Crippen molar-refractivity contribution in [2.75, 3.05) is 5.73 Å². The van der Waals surface area contributed by atoms with E-state index in [4.69, 9.17) is 5.73 Å². The Morgan fingerprint density at radius 2 is 2.08 bits per heavy atom. The van der Waals surface area contributed by atoms with Gasteiger partial charge < -0.3 is 5.73 Å². The minimum atomic E-state index is 0.635. The molecule has 12 heavy (non-hydrogen) atoms. The van der Waals surface area contributed by atoms with Crippen LogP contribution in [-0.2, 0) is 0 Å². The SMILES string of the molecule is Cc1ccc(-c2cnc(N)s2)s1. The molecule has 2 aromatic rings. The summed E-state index contributed by atoms with van der Waals surface area (Å²) >= 11 is 3.30. The van der Waals surface area contributed by atoms with Crippen molar-refractivity contribution in [3.63, 3.8) is 0 Å². The van der Waals surface area contributed by atoms with Crippen molar-refractivity contribution in [3.8, 4) is 9.75 Å². The Morgan fingerprint density at radius 1 is 1.25 bits per heavy atom. The highest BCUT2D eigenvalue weighted by Crippen LogP contribution is 2.32. The topological polar surface area (TPSA) is 38.9 Å². The lowest BCUT2D eigenvalue weighted by molar-refractivity contribution is 1.43. The van der Waals surface area contributed by atoms with Gasteiger partial charge in [-0.1, -0.05) is 11.3 Å². The minimum Gasteiger partial charge on any atom is -0.375 e. The van der Waals surface area contributed by atoms with Crippen LogP contribution in [0.4, 0.5) is 5.13 Å². The molecule has 0 radical (unpaired) electrons. The number of rotatable bonds is 1. The van der Waals surface area contributed by atoms with Gasteiger partial charge in [-0.3, -0.25) is 0 Å². The Labute approximate surface area is 78.7 Å². The Balaban J connectivity index is 2.43. The number of thiophene rings is 1. The van der Waals surface area contributed by atoms with E-state index in [-0.39, 0.29) is 0 Å². The number of hydrogen-bond acceptors (Lipinski definition) is 4.